The van der Waals surface area contributed by atoms with Gasteiger partial charge in [0.15, 0.2) is 0 Å². The van der Waals surface area contributed by atoms with Crippen LogP contribution in [0.5, 0.6) is 0 Å². The summed E-state index contributed by atoms with van der Waals surface area (Å²) < 4.78 is 22.3. The Bertz CT molecular complexity index is 1280. The van der Waals surface area contributed by atoms with E-state index >= 15 is 0 Å². The van der Waals surface area contributed by atoms with Gasteiger partial charge < -0.3 is 24.3 Å². The van der Waals surface area contributed by atoms with Crippen molar-refractivity contribution in [2.75, 3.05) is 78.5 Å². The fourth-order valence-corrected chi connectivity index (χ4v) is 5.68. The standard InChI is InChI=1S/C39H65N5O9/c1-11-31(36(49)40-25-32(45)50-29-30-15-13-12-14-16-30)44-23-21-42(27-34(47)52-38(5,6)7)19-17-41(26-33(46)51-37(2,3)4)18-20-43(22-24-44)28-35(48)53-39(8,9)10/h12-16,31H,11,17-29H2,1-10H3,(H,40,49). The summed E-state index contributed by atoms with van der Waals surface area (Å²) >= 11 is 0. The number of benzene rings is 1. The van der Waals surface area contributed by atoms with Crippen LogP contribution in [0.4, 0.5) is 0 Å². The van der Waals surface area contributed by atoms with E-state index in [1.165, 1.54) is 0 Å². The van der Waals surface area contributed by atoms with Crippen molar-refractivity contribution in [2.45, 2.75) is 105 Å². The minimum Gasteiger partial charge on any atom is -0.460 e. The van der Waals surface area contributed by atoms with Crippen LogP contribution in [-0.4, -0.2) is 151 Å². The van der Waals surface area contributed by atoms with Crippen LogP contribution in [0.15, 0.2) is 30.3 Å². The van der Waals surface area contributed by atoms with E-state index in [2.05, 4.69) is 5.32 Å². The third-order valence-electron chi connectivity index (χ3n) is 7.97. The Hall–Kier alpha value is -3.59. The third-order valence-corrected chi connectivity index (χ3v) is 7.97. The van der Waals surface area contributed by atoms with Crippen molar-refractivity contribution in [1.29, 1.82) is 0 Å². The van der Waals surface area contributed by atoms with Crippen LogP contribution in [0.3, 0.4) is 0 Å². The molecule has 2 rings (SSSR count). The van der Waals surface area contributed by atoms with Crippen molar-refractivity contribution in [3.8, 4) is 0 Å². The molecule has 14 nitrogen and oxygen atoms in total. The van der Waals surface area contributed by atoms with Gasteiger partial charge in [0.05, 0.1) is 25.7 Å². The van der Waals surface area contributed by atoms with Crippen LogP contribution >= 0.6 is 0 Å². The molecule has 0 aliphatic carbocycles. The van der Waals surface area contributed by atoms with Gasteiger partial charge in [0.25, 0.3) is 0 Å². The lowest BCUT2D eigenvalue weighted by molar-refractivity contribution is -0.158. The number of rotatable bonds is 13. The number of hydrogen-bond donors (Lipinski definition) is 1. The molecule has 1 aliphatic heterocycles. The van der Waals surface area contributed by atoms with Crippen LogP contribution in [0.1, 0.15) is 81.2 Å². The van der Waals surface area contributed by atoms with Gasteiger partial charge in [-0.3, -0.25) is 43.6 Å². The Morgan fingerprint density at radius 3 is 1.34 bits per heavy atom. The second-order valence-corrected chi connectivity index (χ2v) is 16.4. The summed E-state index contributed by atoms with van der Waals surface area (Å²) in [7, 11) is 0. The van der Waals surface area contributed by atoms with Gasteiger partial charge in [-0.15, -0.1) is 0 Å². The highest BCUT2D eigenvalue weighted by Gasteiger charge is 2.29. The minimum absolute atomic E-state index is 0.0202. The lowest BCUT2D eigenvalue weighted by atomic mass is 10.1. The molecular weight excluding hydrogens is 682 g/mol. The van der Waals surface area contributed by atoms with Crippen molar-refractivity contribution >= 4 is 29.8 Å². The maximum Gasteiger partial charge on any atom is 0.325 e. The van der Waals surface area contributed by atoms with Gasteiger partial charge in [-0.1, -0.05) is 37.3 Å². The van der Waals surface area contributed by atoms with E-state index in [9.17, 15) is 24.0 Å². The smallest absolute Gasteiger partial charge is 0.325 e. The fraction of sp³-hybridized carbons (Fsp3) is 0.718. The SMILES string of the molecule is CCC(C(=O)NCC(=O)OCc1ccccc1)N1CCN(CC(=O)OC(C)(C)C)CCN(CC(=O)OC(C)(C)C)CCN(CC(=O)OC(C)(C)C)CC1. The van der Waals surface area contributed by atoms with Crippen LogP contribution in [0.25, 0.3) is 0 Å². The summed E-state index contributed by atoms with van der Waals surface area (Å²) in [6, 6.07) is 8.70. The van der Waals surface area contributed by atoms with E-state index in [0.29, 0.717) is 58.8 Å². The fourth-order valence-electron chi connectivity index (χ4n) is 5.68. The molecule has 0 radical (unpaired) electrons. The van der Waals surface area contributed by atoms with Gasteiger partial charge in [0.1, 0.15) is 30.0 Å². The predicted molar refractivity (Wildman–Crippen MR) is 202 cm³/mol. The summed E-state index contributed by atoms with van der Waals surface area (Å²) in [5, 5.41) is 2.75. The van der Waals surface area contributed by atoms with Gasteiger partial charge in [0.2, 0.25) is 5.91 Å². The molecule has 1 unspecified atom stereocenters. The van der Waals surface area contributed by atoms with E-state index in [1.54, 1.807) is 0 Å². The Labute approximate surface area is 316 Å². The molecule has 0 aromatic heterocycles. The zero-order valence-corrected chi connectivity index (χ0v) is 33.8. The average Bonchev–Trinajstić information content (AvgIpc) is 3.01. The number of ether oxygens (including phenoxy) is 4. The van der Waals surface area contributed by atoms with Crippen molar-refractivity contribution in [3.63, 3.8) is 0 Å². The van der Waals surface area contributed by atoms with Crippen LogP contribution in [-0.2, 0) is 49.5 Å². The molecule has 1 amide bonds. The molecule has 1 aromatic carbocycles. The summed E-state index contributed by atoms with van der Waals surface area (Å²) in [5.74, 6) is -1.99. The van der Waals surface area contributed by atoms with E-state index < -0.39 is 28.8 Å². The van der Waals surface area contributed by atoms with Crippen molar-refractivity contribution in [3.05, 3.63) is 35.9 Å². The van der Waals surface area contributed by atoms with Gasteiger partial charge in [-0.05, 0) is 74.3 Å². The van der Waals surface area contributed by atoms with Crippen LogP contribution in [0.2, 0.25) is 0 Å². The second kappa shape index (κ2) is 21.3. The van der Waals surface area contributed by atoms with Gasteiger partial charge in [-0.25, -0.2) is 0 Å². The zero-order valence-electron chi connectivity index (χ0n) is 33.8. The maximum absolute atomic E-state index is 13.6. The molecule has 1 saturated heterocycles. The first-order valence-corrected chi connectivity index (χ1v) is 18.7. The molecule has 0 saturated carbocycles. The first kappa shape index (κ1) is 45.6. The molecular formula is C39H65N5O9. The number of esters is 4. The van der Waals surface area contributed by atoms with E-state index in [4.69, 9.17) is 18.9 Å². The predicted octanol–water partition coefficient (Wildman–Crippen LogP) is 2.87. The number of nitrogens with one attached hydrogen (secondary N) is 1. The largest absolute Gasteiger partial charge is 0.460 e. The van der Waals surface area contributed by atoms with Crippen molar-refractivity contribution in [2.24, 2.45) is 0 Å². The second-order valence-electron chi connectivity index (χ2n) is 16.4. The van der Waals surface area contributed by atoms with E-state index in [1.807, 2.05) is 119 Å². The highest BCUT2D eigenvalue weighted by Crippen LogP contribution is 2.13. The van der Waals surface area contributed by atoms with Crippen LogP contribution < -0.4 is 5.32 Å². The van der Waals surface area contributed by atoms with Crippen LogP contribution in [0, 0.1) is 0 Å². The molecule has 1 aromatic rings. The molecule has 1 heterocycles. The van der Waals surface area contributed by atoms with Gasteiger partial charge in [0, 0.05) is 52.4 Å². The number of carbonyl (C=O) groups is 5. The molecule has 1 N–H and O–H groups in total. The number of hydrogen-bond acceptors (Lipinski definition) is 13. The van der Waals surface area contributed by atoms with Crippen molar-refractivity contribution in [1.82, 2.24) is 24.9 Å². The molecule has 0 bridgehead atoms. The minimum atomic E-state index is -0.663. The number of amides is 1. The molecule has 0 spiro atoms. The number of carbonyl (C=O) groups excluding carboxylic acids is 5. The summed E-state index contributed by atoms with van der Waals surface area (Å²) in [6.07, 6.45) is 0.451. The summed E-state index contributed by atoms with van der Waals surface area (Å²) in [6.45, 7) is 21.5. The number of nitrogens with zero attached hydrogens (tertiary/aromatic N) is 4. The molecule has 300 valence electrons. The zero-order chi connectivity index (χ0) is 39.8. The molecule has 1 fully saturated rings. The Morgan fingerprint density at radius 1 is 0.604 bits per heavy atom. The normalized spacial score (nSPS) is 17.1. The highest BCUT2D eigenvalue weighted by molar-refractivity contribution is 5.85. The van der Waals surface area contributed by atoms with E-state index in [-0.39, 0.29) is 56.6 Å². The lowest BCUT2D eigenvalue weighted by Gasteiger charge is -2.36. The molecule has 1 atom stereocenters. The van der Waals surface area contributed by atoms with Gasteiger partial charge in [-0.2, -0.15) is 0 Å². The molecule has 1 aliphatic rings. The first-order valence-electron chi connectivity index (χ1n) is 18.7. The lowest BCUT2D eigenvalue weighted by Crippen LogP contribution is -2.54. The van der Waals surface area contributed by atoms with Gasteiger partial charge >= 0.3 is 23.9 Å². The average molecular weight is 748 g/mol. The topological polar surface area (TPSA) is 147 Å². The Morgan fingerprint density at radius 2 is 0.981 bits per heavy atom. The summed E-state index contributed by atoms with van der Waals surface area (Å²) in [5.41, 5.74) is -1.13. The van der Waals surface area contributed by atoms with E-state index in [0.717, 1.165) is 5.56 Å². The Balaban J connectivity index is 2.30. The highest BCUT2D eigenvalue weighted by atomic mass is 16.6. The molecule has 14 heteroatoms. The maximum atomic E-state index is 13.6. The van der Waals surface area contributed by atoms with Crippen molar-refractivity contribution < 1.29 is 42.9 Å². The third kappa shape index (κ3) is 20.4. The Kier molecular flexibility index (Phi) is 18.3. The molecule has 53 heavy (non-hydrogen) atoms. The summed E-state index contributed by atoms with van der Waals surface area (Å²) in [4.78, 5) is 73.0. The first-order chi connectivity index (χ1) is 24.6. The monoisotopic (exact) mass is 747 g/mol. The quantitative estimate of drug-likeness (QED) is 0.233.